The molecule has 0 bridgehead atoms. The quantitative estimate of drug-likeness (QED) is 0.551. The number of nitrogens with zero attached hydrogens (tertiary/aromatic N) is 1. The molecule has 0 heterocycles. The van der Waals surface area contributed by atoms with Crippen LogP contribution in [-0.2, 0) is 4.79 Å². The standard InChI is InChI=1S/C14H28N2O2/c1-2-3-4-5-10-16(11-12-17)14(18)8-9-15-13-6-7-13/h13,15,17H,2-12H2,1H3. The summed E-state index contributed by atoms with van der Waals surface area (Å²) < 4.78 is 0. The van der Waals surface area contributed by atoms with Crippen molar-refractivity contribution in [3.8, 4) is 0 Å². The van der Waals surface area contributed by atoms with Crippen LogP contribution in [0.3, 0.4) is 0 Å². The molecule has 1 saturated carbocycles. The summed E-state index contributed by atoms with van der Waals surface area (Å²) in [5.41, 5.74) is 0. The second-order valence-electron chi connectivity index (χ2n) is 5.14. The number of carbonyl (C=O) groups excluding carboxylic acids is 1. The molecule has 1 rings (SSSR count). The van der Waals surface area contributed by atoms with Gasteiger partial charge in [-0.25, -0.2) is 0 Å². The number of hydrogen-bond acceptors (Lipinski definition) is 3. The van der Waals surface area contributed by atoms with E-state index in [4.69, 9.17) is 5.11 Å². The van der Waals surface area contributed by atoms with E-state index >= 15 is 0 Å². The normalized spacial score (nSPS) is 14.8. The molecule has 106 valence electrons. The van der Waals surface area contributed by atoms with Gasteiger partial charge < -0.3 is 15.3 Å². The van der Waals surface area contributed by atoms with Crippen molar-refractivity contribution in [2.24, 2.45) is 0 Å². The Morgan fingerprint density at radius 1 is 1.28 bits per heavy atom. The Labute approximate surface area is 111 Å². The lowest BCUT2D eigenvalue weighted by Gasteiger charge is -2.22. The second kappa shape index (κ2) is 9.34. The smallest absolute Gasteiger partial charge is 0.223 e. The molecule has 0 radical (unpaired) electrons. The first-order valence-corrected chi connectivity index (χ1v) is 7.40. The Morgan fingerprint density at radius 2 is 2.06 bits per heavy atom. The molecule has 0 unspecified atom stereocenters. The van der Waals surface area contributed by atoms with E-state index in [-0.39, 0.29) is 12.5 Å². The van der Waals surface area contributed by atoms with E-state index in [1.54, 1.807) is 0 Å². The van der Waals surface area contributed by atoms with E-state index in [9.17, 15) is 4.79 Å². The lowest BCUT2D eigenvalue weighted by Crippen LogP contribution is -2.36. The fourth-order valence-corrected chi connectivity index (χ4v) is 2.04. The highest BCUT2D eigenvalue weighted by Crippen LogP contribution is 2.18. The topological polar surface area (TPSA) is 52.6 Å². The van der Waals surface area contributed by atoms with E-state index in [2.05, 4.69) is 12.2 Å². The fourth-order valence-electron chi connectivity index (χ4n) is 2.04. The van der Waals surface area contributed by atoms with Gasteiger partial charge in [0.2, 0.25) is 5.91 Å². The van der Waals surface area contributed by atoms with E-state index in [0.717, 1.165) is 19.5 Å². The highest BCUT2D eigenvalue weighted by atomic mass is 16.3. The summed E-state index contributed by atoms with van der Waals surface area (Å²) in [5.74, 6) is 0.175. The van der Waals surface area contributed by atoms with Crippen LogP contribution >= 0.6 is 0 Å². The fraction of sp³-hybridized carbons (Fsp3) is 0.929. The summed E-state index contributed by atoms with van der Waals surface area (Å²) >= 11 is 0. The molecule has 0 saturated heterocycles. The first-order chi connectivity index (χ1) is 8.77. The van der Waals surface area contributed by atoms with Crippen LogP contribution in [0.15, 0.2) is 0 Å². The monoisotopic (exact) mass is 256 g/mol. The first kappa shape index (κ1) is 15.4. The molecule has 0 aromatic rings. The molecule has 1 aliphatic rings. The molecule has 1 amide bonds. The second-order valence-corrected chi connectivity index (χ2v) is 5.14. The van der Waals surface area contributed by atoms with E-state index in [0.29, 0.717) is 19.0 Å². The van der Waals surface area contributed by atoms with Crippen molar-refractivity contribution >= 4 is 5.91 Å². The Kier molecular flexibility index (Phi) is 8.01. The van der Waals surface area contributed by atoms with Crippen LogP contribution in [0, 0.1) is 0 Å². The van der Waals surface area contributed by atoms with Gasteiger partial charge in [0.25, 0.3) is 0 Å². The number of hydrogen-bond donors (Lipinski definition) is 2. The number of amides is 1. The number of unbranched alkanes of at least 4 members (excludes halogenated alkanes) is 3. The van der Waals surface area contributed by atoms with Gasteiger partial charge in [0.05, 0.1) is 6.61 Å². The van der Waals surface area contributed by atoms with Crippen molar-refractivity contribution in [1.29, 1.82) is 0 Å². The highest BCUT2D eigenvalue weighted by Gasteiger charge is 2.20. The van der Waals surface area contributed by atoms with Crippen molar-refractivity contribution in [3.05, 3.63) is 0 Å². The third kappa shape index (κ3) is 6.97. The lowest BCUT2D eigenvalue weighted by atomic mass is 10.2. The van der Waals surface area contributed by atoms with E-state index < -0.39 is 0 Å². The molecule has 18 heavy (non-hydrogen) atoms. The van der Waals surface area contributed by atoms with Crippen LogP contribution in [0.2, 0.25) is 0 Å². The summed E-state index contributed by atoms with van der Waals surface area (Å²) in [4.78, 5) is 13.8. The maximum atomic E-state index is 12.0. The molecule has 2 N–H and O–H groups in total. The van der Waals surface area contributed by atoms with E-state index in [1.165, 1.54) is 32.1 Å². The zero-order valence-electron chi connectivity index (χ0n) is 11.7. The van der Waals surface area contributed by atoms with Crippen molar-refractivity contribution in [2.45, 2.75) is 57.9 Å². The minimum absolute atomic E-state index is 0.0651. The molecular formula is C14H28N2O2. The molecule has 0 aliphatic heterocycles. The van der Waals surface area contributed by atoms with Crippen LogP contribution in [0.1, 0.15) is 51.9 Å². The maximum absolute atomic E-state index is 12.0. The van der Waals surface area contributed by atoms with Crippen LogP contribution in [0.25, 0.3) is 0 Å². The average Bonchev–Trinajstić information content (AvgIpc) is 3.17. The van der Waals surface area contributed by atoms with E-state index in [1.807, 2.05) is 4.90 Å². The number of carbonyl (C=O) groups is 1. The SMILES string of the molecule is CCCCCCN(CCO)C(=O)CCNC1CC1. The molecule has 1 fully saturated rings. The predicted octanol–water partition coefficient (Wildman–Crippen LogP) is 1.53. The predicted molar refractivity (Wildman–Crippen MR) is 73.4 cm³/mol. The van der Waals surface area contributed by atoms with Crippen LogP contribution in [0.5, 0.6) is 0 Å². The van der Waals surface area contributed by atoms with Crippen LogP contribution < -0.4 is 5.32 Å². The number of rotatable bonds is 11. The molecule has 0 atom stereocenters. The Hall–Kier alpha value is -0.610. The summed E-state index contributed by atoms with van der Waals surface area (Å²) in [7, 11) is 0. The summed E-state index contributed by atoms with van der Waals surface area (Å²) in [6, 6.07) is 0.661. The van der Waals surface area contributed by atoms with Crippen molar-refractivity contribution < 1.29 is 9.90 Å². The van der Waals surface area contributed by atoms with Gasteiger partial charge in [-0.15, -0.1) is 0 Å². The maximum Gasteiger partial charge on any atom is 0.223 e. The van der Waals surface area contributed by atoms with Gasteiger partial charge in [0.1, 0.15) is 0 Å². The Bertz CT molecular complexity index is 230. The van der Waals surface area contributed by atoms with Gasteiger partial charge in [0.15, 0.2) is 0 Å². The largest absolute Gasteiger partial charge is 0.395 e. The number of nitrogens with one attached hydrogen (secondary N) is 1. The van der Waals surface area contributed by atoms with Crippen molar-refractivity contribution in [2.75, 3.05) is 26.2 Å². The van der Waals surface area contributed by atoms with Gasteiger partial charge in [-0.1, -0.05) is 26.2 Å². The van der Waals surface area contributed by atoms with Crippen LogP contribution in [-0.4, -0.2) is 48.2 Å². The molecular weight excluding hydrogens is 228 g/mol. The number of aliphatic hydroxyl groups excluding tert-OH is 1. The third-order valence-electron chi connectivity index (χ3n) is 3.35. The summed E-state index contributed by atoms with van der Waals surface area (Å²) in [6.45, 7) is 4.30. The molecule has 4 heteroatoms. The molecule has 0 aromatic carbocycles. The molecule has 1 aliphatic carbocycles. The zero-order valence-corrected chi connectivity index (χ0v) is 11.7. The number of aliphatic hydroxyl groups is 1. The van der Waals surface area contributed by atoms with Gasteiger partial charge in [-0.3, -0.25) is 4.79 Å². The Balaban J connectivity index is 2.13. The molecule has 0 aromatic heterocycles. The van der Waals surface area contributed by atoms with Gasteiger partial charge in [0, 0.05) is 32.1 Å². The summed E-state index contributed by atoms with van der Waals surface area (Å²) in [6.07, 6.45) is 7.73. The first-order valence-electron chi connectivity index (χ1n) is 7.40. The minimum atomic E-state index is 0.0651. The molecule has 4 nitrogen and oxygen atoms in total. The zero-order chi connectivity index (χ0) is 13.2. The van der Waals surface area contributed by atoms with Gasteiger partial charge in [-0.2, -0.15) is 0 Å². The average molecular weight is 256 g/mol. The minimum Gasteiger partial charge on any atom is -0.395 e. The molecule has 0 spiro atoms. The Morgan fingerprint density at radius 3 is 2.67 bits per heavy atom. The van der Waals surface area contributed by atoms with Crippen LogP contribution in [0.4, 0.5) is 0 Å². The highest BCUT2D eigenvalue weighted by molar-refractivity contribution is 5.76. The van der Waals surface area contributed by atoms with Crippen molar-refractivity contribution in [3.63, 3.8) is 0 Å². The van der Waals surface area contributed by atoms with Gasteiger partial charge in [-0.05, 0) is 19.3 Å². The summed E-state index contributed by atoms with van der Waals surface area (Å²) in [5, 5.41) is 12.4. The van der Waals surface area contributed by atoms with Gasteiger partial charge >= 0.3 is 0 Å². The van der Waals surface area contributed by atoms with Crippen molar-refractivity contribution in [1.82, 2.24) is 10.2 Å². The lowest BCUT2D eigenvalue weighted by molar-refractivity contribution is -0.131. The third-order valence-corrected chi connectivity index (χ3v) is 3.35.